The van der Waals surface area contributed by atoms with E-state index in [1.165, 1.54) is 16.4 Å². The Hall–Kier alpha value is -2.70. The standard InChI is InChI=1S/C25H30N2O3S/c1-18(2)16-27(17-19(3)4)31(29,30)22-14-12-21(13-15-22)25(28)26-24-11-7-9-20-8-5-6-10-23(20)24/h5-15,18-19H,16-17H2,1-4H3,(H,26,28). The van der Waals surface area contributed by atoms with Crippen molar-refractivity contribution in [1.82, 2.24) is 4.31 Å². The summed E-state index contributed by atoms with van der Waals surface area (Å²) in [6.07, 6.45) is 0. The molecule has 164 valence electrons. The van der Waals surface area contributed by atoms with Gasteiger partial charge >= 0.3 is 0 Å². The van der Waals surface area contributed by atoms with Crippen LogP contribution in [-0.2, 0) is 10.0 Å². The summed E-state index contributed by atoms with van der Waals surface area (Å²) in [6, 6.07) is 19.7. The van der Waals surface area contributed by atoms with E-state index in [9.17, 15) is 13.2 Å². The topological polar surface area (TPSA) is 66.5 Å². The summed E-state index contributed by atoms with van der Waals surface area (Å²) in [5, 5.41) is 4.93. The molecule has 0 aliphatic heterocycles. The number of nitrogens with one attached hydrogen (secondary N) is 1. The molecule has 31 heavy (non-hydrogen) atoms. The van der Waals surface area contributed by atoms with Gasteiger partial charge in [-0.25, -0.2) is 8.42 Å². The van der Waals surface area contributed by atoms with Crippen molar-refractivity contribution in [3.05, 3.63) is 72.3 Å². The number of hydrogen-bond acceptors (Lipinski definition) is 3. The summed E-state index contributed by atoms with van der Waals surface area (Å²) < 4.78 is 27.8. The molecule has 0 fully saturated rings. The van der Waals surface area contributed by atoms with E-state index in [1.54, 1.807) is 12.1 Å². The third-order valence-corrected chi connectivity index (χ3v) is 6.78. The largest absolute Gasteiger partial charge is 0.321 e. The molecule has 0 spiro atoms. The number of nitrogens with zero attached hydrogens (tertiary/aromatic N) is 1. The number of hydrogen-bond donors (Lipinski definition) is 1. The van der Waals surface area contributed by atoms with Crippen molar-refractivity contribution in [1.29, 1.82) is 0 Å². The Labute approximate surface area is 185 Å². The lowest BCUT2D eigenvalue weighted by molar-refractivity contribution is 0.102. The van der Waals surface area contributed by atoms with Crippen LogP contribution in [0, 0.1) is 11.8 Å². The van der Waals surface area contributed by atoms with E-state index < -0.39 is 10.0 Å². The predicted octanol–water partition coefficient (Wildman–Crippen LogP) is 5.39. The van der Waals surface area contributed by atoms with E-state index in [0.29, 0.717) is 18.7 Å². The summed E-state index contributed by atoms with van der Waals surface area (Å²) in [6.45, 7) is 8.94. The Kier molecular flexibility index (Phi) is 7.13. The molecule has 5 nitrogen and oxygen atoms in total. The third-order valence-electron chi connectivity index (χ3n) is 4.93. The summed E-state index contributed by atoms with van der Waals surface area (Å²) in [5.74, 6) is 0.167. The van der Waals surface area contributed by atoms with Crippen LogP contribution >= 0.6 is 0 Å². The maximum absolute atomic E-state index is 13.1. The molecule has 1 N–H and O–H groups in total. The molecule has 0 aliphatic carbocycles. The third kappa shape index (κ3) is 5.51. The second-order valence-corrected chi connectivity index (χ2v) is 10.6. The minimum absolute atomic E-state index is 0.204. The van der Waals surface area contributed by atoms with Gasteiger partial charge in [-0.15, -0.1) is 0 Å². The van der Waals surface area contributed by atoms with E-state index in [1.807, 2.05) is 70.2 Å². The Bertz CT molecular complexity index is 1140. The fourth-order valence-electron chi connectivity index (χ4n) is 3.54. The van der Waals surface area contributed by atoms with Gasteiger partial charge in [0.2, 0.25) is 10.0 Å². The van der Waals surface area contributed by atoms with Crippen LogP contribution in [-0.4, -0.2) is 31.7 Å². The highest BCUT2D eigenvalue weighted by molar-refractivity contribution is 7.89. The minimum Gasteiger partial charge on any atom is -0.321 e. The number of sulfonamides is 1. The molecule has 0 saturated heterocycles. The highest BCUT2D eigenvalue weighted by Crippen LogP contribution is 2.24. The van der Waals surface area contributed by atoms with Gasteiger partial charge in [0.1, 0.15) is 0 Å². The van der Waals surface area contributed by atoms with Crippen molar-refractivity contribution < 1.29 is 13.2 Å². The Morgan fingerprint density at radius 3 is 2.03 bits per heavy atom. The zero-order valence-corrected chi connectivity index (χ0v) is 19.3. The first-order chi connectivity index (χ1) is 14.7. The van der Waals surface area contributed by atoms with Gasteiger partial charge in [0.15, 0.2) is 0 Å². The van der Waals surface area contributed by atoms with Crippen LogP contribution in [0.3, 0.4) is 0 Å². The van der Waals surface area contributed by atoms with Gasteiger partial charge in [0.05, 0.1) is 4.90 Å². The first-order valence-corrected chi connectivity index (χ1v) is 12.0. The lowest BCUT2D eigenvalue weighted by Gasteiger charge is -2.25. The lowest BCUT2D eigenvalue weighted by Crippen LogP contribution is -2.37. The molecule has 0 aliphatic rings. The monoisotopic (exact) mass is 438 g/mol. The van der Waals surface area contributed by atoms with E-state index in [-0.39, 0.29) is 22.6 Å². The molecule has 0 unspecified atom stereocenters. The minimum atomic E-state index is -3.62. The average molecular weight is 439 g/mol. The first-order valence-electron chi connectivity index (χ1n) is 10.6. The van der Waals surface area contributed by atoms with Gasteiger partial charge in [0, 0.05) is 29.7 Å². The molecule has 0 saturated carbocycles. The Balaban J connectivity index is 1.82. The van der Waals surface area contributed by atoms with Crippen molar-refractivity contribution in [3.8, 4) is 0 Å². The van der Waals surface area contributed by atoms with Crippen LogP contribution in [0.4, 0.5) is 5.69 Å². The molecule has 1 amide bonds. The fourth-order valence-corrected chi connectivity index (χ4v) is 5.31. The maximum Gasteiger partial charge on any atom is 0.255 e. The van der Waals surface area contributed by atoms with Crippen molar-refractivity contribution in [2.75, 3.05) is 18.4 Å². The van der Waals surface area contributed by atoms with Crippen molar-refractivity contribution >= 4 is 32.4 Å². The fraction of sp³-hybridized carbons (Fsp3) is 0.320. The van der Waals surface area contributed by atoms with Crippen LogP contribution in [0.15, 0.2) is 71.6 Å². The molecule has 0 atom stereocenters. The number of rotatable bonds is 8. The van der Waals surface area contributed by atoms with Gasteiger partial charge in [-0.2, -0.15) is 4.31 Å². The number of fused-ring (bicyclic) bond motifs is 1. The van der Waals surface area contributed by atoms with Crippen LogP contribution in [0.25, 0.3) is 10.8 Å². The van der Waals surface area contributed by atoms with Gasteiger partial charge in [0.25, 0.3) is 5.91 Å². The van der Waals surface area contributed by atoms with E-state index in [4.69, 9.17) is 0 Å². The second-order valence-electron chi connectivity index (χ2n) is 8.61. The molecule has 3 rings (SSSR count). The SMILES string of the molecule is CC(C)CN(CC(C)C)S(=O)(=O)c1ccc(C(=O)Nc2cccc3ccccc23)cc1. The summed E-state index contributed by atoms with van der Waals surface area (Å²) in [5.41, 5.74) is 1.13. The van der Waals surface area contributed by atoms with Crippen molar-refractivity contribution in [2.24, 2.45) is 11.8 Å². The maximum atomic E-state index is 13.1. The van der Waals surface area contributed by atoms with Crippen molar-refractivity contribution in [3.63, 3.8) is 0 Å². The van der Waals surface area contributed by atoms with Crippen molar-refractivity contribution in [2.45, 2.75) is 32.6 Å². The quantitative estimate of drug-likeness (QED) is 0.512. The first kappa shape index (κ1) is 23.0. The highest BCUT2D eigenvalue weighted by atomic mass is 32.2. The average Bonchev–Trinajstić information content (AvgIpc) is 2.73. The molecule has 0 heterocycles. The zero-order valence-electron chi connectivity index (χ0n) is 18.5. The Morgan fingerprint density at radius 2 is 1.42 bits per heavy atom. The molecule has 0 aromatic heterocycles. The molecular formula is C25H30N2O3S. The van der Waals surface area contributed by atoms with Crippen LogP contribution < -0.4 is 5.32 Å². The normalized spacial score (nSPS) is 12.1. The van der Waals surface area contributed by atoms with Gasteiger partial charge in [-0.1, -0.05) is 64.1 Å². The molecule has 3 aromatic rings. The van der Waals surface area contributed by atoms with Gasteiger partial charge in [-0.05, 0) is 47.6 Å². The van der Waals surface area contributed by atoms with Gasteiger partial charge < -0.3 is 5.32 Å². The molecule has 0 radical (unpaired) electrons. The zero-order chi connectivity index (χ0) is 22.6. The van der Waals surface area contributed by atoms with E-state index >= 15 is 0 Å². The number of benzene rings is 3. The Morgan fingerprint density at radius 1 is 0.839 bits per heavy atom. The second kappa shape index (κ2) is 9.62. The van der Waals surface area contributed by atoms with Crippen LogP contribution in [0.1, 0.15) is 38.1 Å². The smallest absolute Gasteiger partial charge is 0.255 e. The van der Waals surface area contributed by atoms with E-state index in [2.05, 4.69) is 5.32 Å². The van der Waals surface area contributed by atoms with Crippen LogP contribution in [0.5, 0.6) is 0 Å². The molecular weight excluding hydrogens is 408 g/mol. The highest BCUT2D eigenvalue weighted by Gasteiger charge is 2.26. The summed E-state index contributed by atoms with van der Waals surface area (Å²) in [4.78, 5) is 13.0. The number of carbonyl (C=O) groups is 1. The summed E-state index contributed by atoms with van der Waals surface area (Å²) in [7, 11) is -3.62. The number of carbonyl (C=O) groups excluding carboxylic acids is 1. The number of anilines is 1. The molecule has 0 bridgehead atoms. The molecule has 3 aromatic carbocycles. The number of amides is 1. The van der Waals surface area contributed by atoms with Gasteiger partial charge in [-0.3, -0.25) is 4.79 Å². The lowest BCUT2D eigenvalue weighted by atomic mass is 10.1. The molecule has 6 heteroatoms. The predicted molar refractivity (Wildman–Crippen MR) is 127 cm³/mol. The summed E-state index contributed by atoms with van der Waals surface area (Å²) >= 11 is 0. The van der Waals surface area contributed by atoms with Crippen LogP contribution in [0.2, 0.25) is 0 Å². The van der Waals surface area contributed by atoms with E-state index in [0.717, 1.165) is 16.5 Å².